The highest BCUT2D eigenvalue weighted by Crippen LogP contribution is 2.30. The van der Waals surface area contributed by atoms with E-state index in [0.717, 1.165) is 12.0 Å². The van der Waals surface area contributed by atoms with Crippen molar-refractivity contribution in [3.63, 3.8) is 0 Å². The number of hydrogen-bond acceptors (Lipinski definition) is 4. The van der Waals surface area contributed by atoms with Gasteiger partial charge in [0, 0.05) is 25.2 Å². The maximum Gasteiger partial charge on any atom is 0.120 e. The van der Waals surface area contributed by atoms with Gasteiger partial charge >= 0.3 is 0 Å². The SMILES string of the molecule is CCC(C)(C)c1ccc(O)c(CN(CC(C)O)CC(C)O)c1. The van der Waals surface area contributed by atoms with Crippen LogP contribution in [0, 0.1) is 0 Å². The molecule has 4 heteroatoms. The molecule has 0 spiro atoms. The highest BCUT2D eigenvalue weighted by molar-refractivity contribution is 5.39. The summed E-state index contributed by atoms with van der Waals surface area (Å²) in [5.41, 5.74) is 2.08. The minimum absolute atomic E-state index is 0.0574. The highest BCUT2D eigenvalue weighted by atomic mass is 16.3. The normalized spacial score (nSPS) is 15.1. The Balaban J connectivity index is 3.00. The molecule has 3 N–H and O–H groups in total. The summed E-state index contributed by atoms with van der Waals surface area (Å²) in [6.45, 7) is 11.4. The molecular weight excluding hydrogens is 278 g/mol. The number of phenols is 1. The van der Waals surface area contributed by atoms with E-state index in [2.05, 4.69) is 20.8 Å². The van der Waals surface area contributed by atoms with Gasteiger partial charge in [0.2, 0.25) is 0 Å². The lowest BCUT2D eigenvalue weighted by Crippen LogP contribution is -2.35. The summed E-state index contributed by atoms with van der Waals surface area (Å²) in [6.07, 6.45) is 0.0646. The number of aliphatic hydroxyl groups is 2. The number of nitrogens with zero attached hydrogens (tertiary/aromatic N) is 1. The molecule has 0 aliphatic carbocycles. The maximum atomic E-state index is 10.1. The predicted molar refractivity (Wildman–Crippen MR) is 90.1 cm³/mol. The molecule has 0 amide bonds. The number of aromatic hydroxyl groups is 1. The average Bonchev–Trinajstić information content (AvgIpc) is 2.39. The predicted octanol–water partition coefficient (Wildman–Crippen LogP) is 2.64. The molecule has 0 heterocycles. The molecule has 0 saturated heterocycles. The van der Waals surface area contributed by atoms with Gasteiger partial charge in [0.1, 0.15) is 5.75 Å². The number of rotatable bonds is 8. The Morgan fingerprint density at radius 2 is 1.64 bits per heavy atom. The molecule has 4 nitrogen and oxygen atoms in total. The van der Waals surface area contributed by atoms with E-state index in [1.807, 2.05) is 17.0 Å². The van der Waals surface area contributed by atoms with Crippen molar-refractivity contribution >= 4 is 0 Å². The zero-order chi connectivity index (χ0) is 16.9. The zero-order valence-corrected chi connectivity index (χ0v) is 14.5. The third-order valence-electron chi connectivity index (χ3n) is 4.18. The maximum absolute atomic E-state index is 10.1. The molecule has 2 unspecified atom stereocenters. The Labute approximate surface area is 134 Å². The van der Waals surface area contributed by atoms with Crippen LogP contribution in [0.3, 0.4) is 0 Å². The monoisotopic (exact) mass is 309 g/mol. The van der Waals surface area contributed by atoms with Crippen LogP contribution in [-0.2, 0) is 12.0 Å². The number of phenolic OH excluding ortho intramolecular Hbond substituents is 1. The number of hydrogen-bond donors (Lipinski definition) is 3. The van der Waals surface area contributed by atoms with E-state index in [1.165, 1.54) is 5.56 Å². The molecule has 1 rings (SSSR count). The van der Waals surface area contributed by atoms with Crippen molar-refractivity contribution in [1.29, 1.82) is 0 Å². The van der Waals surface area contributed by atoms with Gasteiger partial charge in [-0.1, -0.05) is 32.9 Å². The Hall–Kier alpha value is -1.10. The molecule has 0 fully saturated rings. The summed E-state index contributed by atoms with van der Waals surface area (Å²) in [4.78, 5) is 1.97. The summed E-state index contributed by atoms with van der Waals surface area (Å²) in [6, 6.07) is 5.75. The highest BCUT2D eigenvalue weighted by Gasteiger charge is 2.20. The number of aliphatic hydroxyl groups excluding tert-OH is 2. The summed E-state index contributed by atoms with van der Waals surface area (Å²) >= 11 is 0. The van der Waals surface area contributed by atoms with Gasteiger partial charge in [-0.05, 0) is 37.3 Å². The third kappa shape index (κ3) is 5.59. The molecule has 0 aromatic heterocycles. The summed E-state index contributed by atoms with van der Waals surface area (Å²) < 4.78 is 0. The molecule has 0 aliphatic rings. The van der Waals surface area contributed by atoms with Crippen molar-refractivity contribution in [3.05, 3.63) is 29.3 Å². The van der Waals surface area contributed by atoms with Crippen LogP contribution in [0.2, 0.25) is 0 Å². The van der Waals surface area contributed by atoms with Crippen LogP contribution in [0.25, 0.3) is 0 Å². The first-order chi connectivity index (χ1) is 10.2. The van der Waals surface area contributed by atoms with E-state index in [9.17, 15) is 15.3 Å². The molecular formula is C18H31NO3. The minimum atomic E-state index is -0.476. The van der Waals surface area contributed by atoms with E-state index in [4.69, 9.17) is 0 Å². The van der Waals surface area contributed by atoms with E-state index >= 15 is 0 Å². The number of benzene rings is 1. The lowest BCUT2D eigenvalue weighted by atomic mass is 9.81. The van der Waals surface area contributed by atoms with Crippen LogP contribution in [0.1, 0.15) is 52.2 Å². The van der Waals surface area contributed by atoms with Gasteiger partial charge in [-0.2, -0.15) is 0 Å². The molecule has 1 aromatic carbocycles. The molecule has 0 saturated carbocycles. The van der Waals surface area contributed by atoms with Crippen LogP contribution >= 0.6 is 0 Å². The molecule has 2 atom stereocenters. The van der Waals surface area contributed by atoms with Crippen LogP contribution < -0.4 is 0 Å². The van der Waals surface area contributed by atoms with Crippen LogP contribution in [0.15, 0.2) is 18.2 Å². The summed E-state index contributed by atoms with van der Waals surface area (Å²) in [5.74, 6) is 0.261. The van der Waals surface area contributed by atoms with E-state index in [-0.39, 0.29) is 11.2 Å². The molecule has 0 radical (unpaired) electrons. The second-order valence-corrected chi connectivity index (χ2v) is 6.97. The van der Waals surface area contributed by atoms with Gasteiger partial charge in [-0.15, -0.1) is 0 Å². The topological polar surface area (TPSA) is 63.9 Å². The fraction of sp³-hybridized carbons (Fsp3) is 0.667. The van der Waals surface area contributed by atoms with Crippen molar-refractivity contribution < 1.29 is 15.3 Å². The first-order valence-electron chi connectivity index (χ1n) is 8.06. The smallest absolute Gasteiger partial charge is 0.120 e. The van der Waals surface area contributed by atoms with Crippen LogP contribution in [0.5, 0.6) is 5.75 Å². The molecule has 1 aromatic rings. The van der Waals surface area contributed by atoms with Crippen molar-refractivity contribution in [1.82, 2.24) is 4.90 Å². The Kier molecular flexibility index (Phi) is 6.85. The van der Waals surface area contributed by atoms with Gasteiger partial charge in [0.05, 0.1) is 12.2 Å². The second-order valence-electron chi connectivity index (χ2n) is 6.97. The van der Waals surface area contributed by atoms with Gasteiger partial charge in [0.25, 0.3) is 0 Å². The van der Waals surface area contributed by atoms with Gasteiger partial charge in [-0.3, -0.25) is 4.90 Å². The fourth-order valence-corrected chi connectivity index (χ4v) is 2.53. The fourth-order valence-electron chi connectivity index (χ4n) is 2.53. The summed E-state index contributed by atoms with van der Waals surface area (Å²) in [7, 11) is 0. The lowest BCUT2D eigenvalue weighted by Gasteiger charge is -2.27. The van der Waals surface area contributed by atoms with E-state index in [0.29, 0.717) is 19.6 Å². The quantitative estimate of drug-likeness (QED) is 0.691. The van der Waals surface area contributed by atoms with E-state index in [1.54, 1.807) is 19.9 Å². The largest absolute Gasteiger partial charge is 0.508 e. The minimum Gasteiger partial charge on any atom is -0.508 e. The molecule has 0 bridgehead atoms. The average molecular weight is 309 g/mol. The third-order valence-corrected chi connectivity index (χ3v) is 4.18. The Morgan fingerprint density at radius 1 is 1.09 bits per heavy atom. The van der Waals surface area contributed by atoms with Crippen molar-refractivity contribution in [2.24, 2.45) is 0 Å². The molecule has 126 valence electrons. The Bertz CT molecular complexity index is 459. The zero-order valence-electron chi connectivity index (χ0n) is 14.5. The first kappa shape index (κ1) is 18.9. The Morgan fingerprint density at radius 3 is 2.09 bits per heavy atom. The molecule has 22 heavy (non-hydrogen) atoms. The van der Waals surface area contributed by atoms with Gasteiger partial charge in [0.15, 0.2) is 0 Å². The second kappa shape index (κ2) is 7.95. The van der Waals surface area contributed by atoms with Gasteiger partial charge < -0.3 is 15.3 Å². The summed E-state index contributed by atoms with van der Waals surface area (Å²) in [5, 5.41) is 29.4. The van der Waals surface area contributed by atoms with E-state index < -0.39 is 12.2 Å². The van der Waals surface area contributed by atoms with Crippen molar-refractivity contribution in [2.45, 2.75) is 65.2 Å². The van der Waals surface area contributed by atoms with Gasteiger partial charge in [-0.25, -0.2) is 0 Å². The van der Waals surface area contributed by atoms with Crippen LogP contribution in [-0.4, -0.2) is 45.5 Å². The standard InChI is InChI=1S/C18H31NO3/c1-6-18(4,5)16-7-8-17(22)15(9-16)12-19(10-13(2)20)11-14(3)21/h7-9,13-14,20-22H,6,10-12H2,1-5H3. The van der Waals surface area contributed by atoms with Crippen molar-refractivity contribution in [2.75, 3.05) is 13.1 Å². The lowest BCUT2D eigenvalue weighted by molar-refractivity contribution is 0.0789. The van der Waals surface area contributed by atoms with Crippen molar-refractivity contribution in [3.8, 4) is 5.75 Å². The first-order valence-corrected chi connectivity index (χ1v) is 8.06. The van der Waals surface area contributed by atoms with Crippen LogP contribution in [0.4, 0.5) is 0 Å². The molecule has 0 aliphatic heterocycles.